The average Bonchev–Trinajstić information content (AvgIpc) is 3.17. The van der Waals surface area contributed by atoms with Crippen molar-refractivity contribution in [3.05, 3.63) is 64.4 Å². The normalized spacial score (nSPS) is 13.0. The average molecular weight is 366 g/mol. The molecule has 0 aliphatic carbocycles. The highest BCUT2D eigenvalue weighted by atomic mass is 32.1. The number of carbonyl (C=O) groups excluding carboxylic acids is 3. The van der Waals surface area contributed by atoms with E-state index in [1.54, 1.807) is 37.5 Å². The third-order valence-electron chi connectivity index (χ3n) is 3.67. The van der Waals surface area contributed by atoms with Crippen LogP contribution in [0.4, 0.5) is 0 Å². The molecule has 0 N–H and O–H groups in total. The second-order valence-corrected chi connectivity index (χ2v) is 6.33. The second kappa shape index (κ2) is 6.12. The fourth-order valence-corrected chi connectivity index (χ4v) is 3.35. The first-order valence-electron chi connectivity index (χ1n) is 7.51. The first-order chi connectivity index (χ1) is 12.6. The van der Waals surface area contributed by atoms with E-state index in [1.165, 1.54) is 12.1 Å². The van der Waals surface area contributed by atoms with E-state index in [2.05, 4.69) is 15.0 Å². The van der Waals surface area contributed by atoms with Gasteiger partial charge in [0.2, 0.25) is 0 Å². The molecule has 0 saturated heterocycles. The number of hydrogen-bond donors (Lipinski definition) is 0. The fraction of sp³-hybridized carbons (Fsp3) is 0.0588. The highest BCUT2D eigenvalue weighted by Crippen LogP contribution is 2.28. The van der Waals surface area contributed by atoms with E-state index >= 15 is 0 Å². The van der Waals surface area contributed by atoms with Gasteiger partial charge in [-0.2, -0.15) is 0 Å². The van der Waals surface area contributed by atoms with Crippen LogP contribution in [-0.4, -0.2) is 37.8 Å². The molecule has 128 valence electrons. The molecule has 26 heavy (non-hydrogen) atoms. The molecule has 0 bridgehead atoms. The largest absolute Gasteiger partial charge is 0.375 e. The number of hydroxylamine groups is 2. The van der Waals surface area contributed by atoms with Crippen LogP contribution in [0.5, 0.6) is 0 Å². The van der Waals surface area contributed by atoms with E-state index in [4.69, 9.17) is 4.84 Å². The van der Waals surface area contributed by atoms with Gasteiger partial charge in [0.1, 0.15) is 4.88 Å². The summed E-state index contributed by atoms with van der Waals surface area (Å²) in [4.78, 5) is 54.7. The lowest BCUT2D eigenvalue weighted by molar-refractivity contribution is -0.0581. The number of aromatic nitrogens is 3. The molecule has 0 unspecified atom stereocenters. The van der Waals surface area contributed by atoms with E-state index in [0.29, 0.717) is 21.6 Å². The molecule has 2 amide bonds. The first kappa shape index (κ1) is 16.0. The number of nitrogens with zero attached hydrogens (tertiary/aromatic N) is 4. The Labute approximate surface area is 151 Å². The highest BCUT2D eigenvalue weighted by molar-refractivity contribution is 7.16. The first-order valence-corrected chi connectivity index (χ1v) is 8.33. The number of fused-ring (bicyclic) bond motifs is 1. The van der Waals surface area contributed by atoms with Crippen LogP contribution < -0.4 is 0 Å². The Bertz CT molecular complexity index is 1010. The molecule has 4 rings (SSSR count). The van der Waals surface area contributed by atoms with E-state index in [9.17, 15) is 14.4 Å². The second-order valence-electron chi connectivity index (χ2n) is 5.33. The van der Waals surface area contributed by atoms with Crippen LogP contribution in [-0.2, 0) is 4.84 Å². The van der Waals surface area contributed by atoms with Crippen molar-refractivity contribution < 1.29 is 19.2 Å². The zero-order valence-electron chi connectivity index (χ0n) is 13.4. The molecule has 0 spiro atoms. The van der Waals surface area contributed by atoms with Gasteiger partial charge in [0.05, 0.1) is 16.8 Å². The number of rotatable bonds is 3. The maximum atomic E-state index is 12.5. The van der Waals surface area contributed by atoms with Gasteiger partial charge in [-0.05, 0) is 25.1 Å². The number of imide groups is 1. The van der Waals surface area contributed by atoms with Gasteiger partial charge in [-0.15, -0.1) is 11.3 Å². The van der Waals surface area contributed by atoms with Gasteiger partial charge in [0, 0.05) is 12.4 Å². The summed E-state index contributed by atoms with van der Waals surface area (Å²) >= 11 is 1.03. The number of benzene rings is 1. The molecule has 2 aromatic heterocycles. The Morgan fingerprint density at radius 3 is 2.27 bits per heavy atom. The van der Waals surface area contributed by atoms with Crippen molar-refractivity contribution in [1.82, 2.24) is 20.0 Å². The molecule has 3 heterocycles. The summed E-state index contributed by atoms with van der Waals surface area (Å²) in [6, 6.07) is 7.95. The predicted octanol–water partition coefficient (Wildman–Crippen LogP) is 2.28. The molecular weight excluding hydrogens is 356 g/mol. The maximum absolute atomic E-state index is 12.5. The Morgan fingerprint density at radius 1 is 1.04 bits per heavy atom. The van der Waals surface area contributed by atoms with Crippen molar-refractivity contribution in [1.29, 1.82) is 0 Å². The minimum atomic E-state index is -0.836. The Kier molecular flexibility index (Phi) is 3.77. The zero-order valence-corrected chi connectivity index (χ0v) is 14.2. The van der Waals surface area contributed by atoms with Crippen molar-refractivity contribution in [2.75, 3.05) is 0 Å². The smallest absolute Gasteiger partial charge is 0.323 e. The van der Waals surface area contributed by atoms with Gasteiger partial charge in [0.25, 0.3) is 11.8 Å². The lowest BCUT2D eigenvalue weighted by Gasteiger charge is -2.11. The summed E-state index contributed by atoms with van der Waals surface area (Å²) in [5.74, 6) is -1.81. The molecule has 0 radical (unpaired) electrons. The minimum Gasteiger partial charge on any atom is -0.323 e. The number of thiazole rings is 1. The topological polar surface area (TPSA) is 102 Å². The van der Waals surface area contributed by atoms with Crippen LogP contribution >= 0.6 is 11.3 Å². The summed E-state index contributed by atoms with van der Waals surface area (Å²) in [5.41, 5.74) is 0.800. The van der Waals surface area contributed by atoms with Gasteiger partial charge in [0.15, 0.2) is 10.8 Å². The van der Waals surface area contributed by atoms with Crippen LogP contribution in [0.2, 0.25) is 0 Å². The summed E-state index contributed by atoms with van der Waals surface area (Å²) in [7, 11) is 0. The minimum absolute atomic E-state index is 0.170. The lowest BCUT2D eigenvalue weighted by Crippen LogP contribution is -2.32. The molecule has 1 aliphatic rings. The molecule has 1 aromatic carbocycles. The van der Waals surface area contributed by atoms with E-state index in [1.807, 2.05) is 0 Å². The molecule has 3 aromatic rings. The molecule has 0 fully saturated rings. The summed E-state index contributed by atoms with van der Waals surface area (Å²) in [6.45, 7) is 1.63. The molecule has 1 aliphatic heterocycles. The van der Waals surface area contributed by atoms with Crippen LogP contribution in [0.15, 0.2) is 42.7 Å². The van der Waals surface area contributed by atoms with Crippen LogP contribution in [0.3, 0.4) is 0 Å². The van der Waals surface area contributed by atoms with E-state index in [-0.39, 0.29) is 16.0 Å². The van der Waals surface area contributed by atoms with Gasteiger partial charge in [-0.1, -0.05) is 17.2 Å². The molecule has 9 heteroatoms. The molecular formula is C17H10N4O4S. The van der Waals surface area contributed by atoms with Crippen molar-refractivity contribution in [3.8, 4) is 10.8 Å². The predicted molar refractivity (Wildman–Crippen MR) is 90.2 cm³/mol. The lowest BCUT2D eigenvalue weighted by atomic mass is 10.1. The Morgan fingerprint density at radius 2 is 1.65 bits per heavy atom. The molecule has 8 nitrogen and oxygen atoms in total. The number of carbonyl (C=O) groups is 3. The number of amides is 2. The SMILES string of the molecule is Cc1nc(-c2ncccn2)sc1C(=O)ON1C(=O)c2ccccc2C1=O. The number of aryl methyl sites for hydroxylation is 1. The van der Waals surface area contributed by atoms with Crippen molar-refractivity contribution in [2.24, 2.45) is 0 Å². The fourth-order valence-electron chi connectivity index (χ4n) is 2.47. The third kappa shape index (κ3) is 2.54. The quantitative estimate of drug-likeness (QED) is 0.655. The molecule has 0 saturated carbocycles. The number of hydrogen-bond acceptors (Lipinski definition) is 8. The van der Waals surface area contributed by atoms with Gasteiger partial charge in [-0.3, -0.25) is 9.59 Å². The van der Waals surface area contributed by atoms with Crippen molar-refractivity contribution in [3.63, 3.8) is 0 Å². The Hall–Kier alpha value is -3.46. The standard InChI is InChI=1S/C17H10N4O4S/c1-9-12(26-14(20-9)13-18-7-4-8-19-13)17(24)25-21-15(22)10-5-2-3-6-11(10)16(21)23/h2-8H,1H3. The maximum Gasteiger partial charge on any atom is 0.375 e. The monoisotopic (exact) mass is 366 g/mol. The summed E-state index contributed by atoms with van der Waals surface area (Å²) in [5, 5.41) is 0.919. The van der Waals surface area contributed by atoms with Crippen LogP contribution in [0.1, 0.15) is 36.1 Å². The molecule has 0 atom stereocenters. The van der Waals surface area contributed by atoms with E-state index < -0.39 is 17.8 Å². The van der Waals surface area contributed by atoms with Gasteiger partial charge >= 0.3 is 5.97 Å². The summed E-state index contributed by atoms with van der Waals surface area (Å²) < 4.78 is 0. The van der Waals surface area contributed by atoms with Crippen molar-refractivity contribution >= 4 is 29.1 Å². The van der Waals surface area contributed by atoms with Gasteiger partial charge < -0.3 is 4.84 Å². The van der Waals surface area contributed by atoms with Crippen LogP contribution in [0, 0.1) is 6.92 Å². The highest BCUT2D eigenvalue weighted by Gasteiger charge is 2.39. The van der Waals surface area contributed by atoms with Crippen molar-refractivity contribution in [2.45, 2.75) is 6.92 Å². The van der Waals surface area contributed by atoms with Gasteiger partial charge in [-0.25, -0.2) is 19.7 Å². The zero-order chi connectivity index (χ0) is 18.3. The van der Waals surface area contributed by atoms with E-state index in [0.717, 1.165) is 11.3 Å². The van der Waals surface area contributed by atoms with Crippen LogP contribution in [0.25, 0.3) is 10.8 Å². The third-order valence-corrected chi connectivity index (χ3v) is 4.80. The Balaban J connectivity index is 1.59. The summed E-state index contributed by atoms with van der Waals surface area (Å²) in [6.07, 6.45) is 3.13.